The van der Waals surface area contributed by atoms with Gasteiger partial charge in [-0.3, -0.25) is 4.79 Å². The molecule has 0 N–H and O–H groups in total. The first-order chi connectivity index (χ1) is 8.92. The second kappa shape index (κ2) is 4.46. The predicted molar refractivity (Wildman–Crippen MR) is 71.1 cm³/mol. The van der Waals surface area contributed by atoms with Crippen LogP contribution in [-0.4, -0.2) is 11.8 Å². The number of esters is 1. The zero-order chi connectivity index (χ0) is 13.7. The lowest BCUT2D eigenvalue weighted by atomic mass is 9.49. The fraction of sp³-hybridized carbons (Fsp3) is 0.938. The van der Waals surface area contributed by atoms with E-state index in [-0.39, 0.29) is 11.4 Å². The average Bonchev–Trinajstić information content (AvgIpc) is 2.25. The number of carbonyl (C=O) groups excluding carboxylic acids is 1. The minimum Gasteiger partial charge on any atom is -0.428 e. The van der Waals surface area contributed by atoms with E-state index in [9.17, 15) is 9.18 Å². The molecule has 19 heavy (non-hydrogen) atoms. The molecule has 1 atom stereocenters. The van der Waals surface area contributed by atoms with Gasteiger partial charge in [-0.1, -0.05) is 6.92 Å². The molecular formula is C16H25FO2. The number of rotatable bonds is 4. The zero-order valence-electron chi connectivity index (χ0n) is 12.1. The summed E-state index contributed by atoms with van der Waals surface area (Å²) in [6.45, 7) is 3.31. The fourth-order valence-electron chi connectivity index (χ4n) is 5.16. The van der Waals surface area contributed by atoms with E-state index in [2.05, 4.69) is 0 Å². The number of hydrogen-bond donors (Lipinski definition) is 0. The SMILES string of the molecule is CCCC(C)(F)OC(=O)C12CC3CC(CC(C3)C1)C2. The van der Waals surface area contributed by atoms with Gasteiger partial charge in [-0.05, 0) is 62.7 Å². The predicted octanol–water partition coefficient (Wildman–Crippen LogP) is 4.23. The molecule has 0 radical (unpaired) electrons. The van der Waals surface area contributed by atoms with Crippen LogP contribution in [0.15, 0.2) is 0 Å². The Morgan fingerprint density at radius 2 is 1.68 bits per heavy atom. The Bertz CT molecular complexity index is 340. The van der Waals surface area contributed by atoms with Crippen LogP contribution in [0, 0.1) is 23.2 Å². The molecule has 0 amide bonds. The van der Waals surface area contributed by atoms with Crippen LogP contribution in [0.5, 0.6) is 0 Å². The van der Waals surface area contributed by atoms with E-state index in [4.69, 9.17) is 4.74 Å². The Hall–Kier alpha value is -0.600. The topological polar surface area (TPSA) is 26.3 Å². The molecule has 0 heterocycles. The molecule has 0 aromatic heterocycles. The minimum atomic E-state index is -1.78. The van der Waals surface area contributed by atoms with Gasteiger partial charge in [0.05, 0.1) is 5.41 Å². The number of hydrogen-bond acceptors (Lipinski definition) is 2. The van der Waals surface area contributed by atoms with Crippen molar-refractivity contribution < 1.29 is 13.9 Å². The molecule has 3 heteroatoms. The first-order valence-electron chi connectivity index (χ1n) is 7.85. The average molecular weight is 268 g/mol. The smallest absolute Gasteiger partial charge is 0.314 e. The highest BCUT2D eigenvalue weighted by Crippen LogP contribution is 2.60. The van der Waals surface area contributed by atoms with E-state index in [0.717, 1.165) is 19.3 Å². The van der Waals surface area contributed by atoms with Gasteiger partial charge in [0.1, 0.15) is 0 Å². The molecule has 0 saturated heterocycles. The summed E-state index contributed by atoms with van der Waals surface area (Å²) in [6, 6.07) is 0. The van der Waals surface area contributed by atoms with Gasteiger partial charge >= 0.3 is 5.97 Å². The first kappa shape index (κ1) is 13.4. The van der Waals surface area contributed by atoms with Gasteiger partial charge in [0.25, 0.3) is 0 Å². The molecule has 4 bridgehead atoms. The van der Waals surface area contributed by atoms with Crippen molar-refractivity contribution in [3.05, 3.63) is 0 Å². The van der Waals surface area contributed by atoms with Crippen LogP contribution in [0.2, 0.25) is 0 Å². The van der Waals surface area contributed by atoms with Crippen molar-refractivity contribution in [2.75, 3.05) is 0 Å². The van der Waals surface area contributed by atoms with Crippen molar-refractivity contribution in [1.82, 2.24) is 0 Å². The number of carbonyl (C=O) groups is 1. The lowest BCUT2D eigenvalue weighted by molar-refractivity contribution is -0.204. The summed E-state index contributed by atoms with van der Waals surface area (Å²) in [5.41, 5.74) is -0.337. The Morgan fingerprint density at radius 1 is 1.21 bits per heavy atom. The standard InChI is InChI=1S/C16H25FO2/c1-3-4-15(2,17)19-14(18)16-8-11-5-12(9-16)7-13(6-11)10-16/h11-13H,3-10H2,1-2H3. The van der Waals surface area contributed by atoms with E-state index >= 15 is 0 Å². The van der Waals surface area contributed by atoms with Crippen LogP contribution in [0.4, 0.5) is 4.39 Å². The van der Waals surface area contributed by atoms with Crippen molar-refractivity contribution >= 4 is 5.97 Å². The van der Waals surface area contributed by atoms with Crippen LogP contribution in [0.1, 0.15) is 65.2 Å². The summed E-state index contributed by atoms with van der Waals surface area (Å²) < 4.78 is 19.4. The van der Waals surface area contributed by atoms with Crippen molar-refractivity contribution in [3.8, 4) is 0 Å². The normalized spacial score (nSPS) is 43.0. The highest BCUT2D eigenvalue weighted by Gasteiger charge is 2.56. The third kappa shape index (κ3) is 2.41. The Balaban J connectivity index is 1.73. The number of halogens is 1. The summed E-state index contributed by atoms with van der Waals surface area (Å²) in [6.07, 6.45) is 7.68. The van der Waals surface area contributed by atoms with Crippen LogP contribution in [0.25, 0.3) is 0 Å². The molecule has 0 aromatic carbocycles. The van der Waals surface area contributed by atoms with E-state index < -0.39 is 5.85 Å². The summed E-state index contributed by atoms with van der Waals surface area (Å²) in [5, 5.41) is 0. The quantitative estimate of drug-likeness (QED) is 0.713. The Morgan fingerprint density at radius 3 is 2.11 bits per heavy atom. The molecule has 4 fully saturated rings. The largest absolute Gasteiger partial charge is 0.428 e. The monoisotopic (exact) mass is 268 g/mol. The molecule has 4 aliphatic rings. The summed E-state index contributed by atoms with van der Waals surface area (Å²) in [4.78, 5) is 12.5. The van der Waals surface area contributed by atoms with Gasteiger partial charge in [-0.15, -0.1) is 0 Å². The lowest BCUT2D eigenvalue weighted by Crippen LogP contribution is -2.51. The van der Waals surface area contributed by atoms with Crippen molar-refractivity contribution in [2.24, 2.45) is 23.2 Å². The van der Waals surface area contributed by atoms with Crippen molar-refractivity contribution in [1.29, 1.82) is 0 Å². The maximum Gasteiger partial charge on any atom is 0.314 e. The molecule has 0 aromatic rings. The van der Waals surface area contributed by atoms with Gasteiger partial charge in [0.2, 0.25) is 5.85 Å². The van der Waals surface area contributed by atoms with E-state index in [1.165, 1.54) is 26.2 Å². The zero-order valence-corrected chi connectivity index (χ0v) is 12.1. The van der Waals surface area contributed by atoms with Gasteiger partial charge in [0, 0.05) is 13.3 Å². The Labute approximate surface area is 115 Å². The highest BCUT2D eigenvalue weighted by molar-refractivity contribution is 5.77. The molecule has 2 nitrogen and oxygen atoms in total. The first-order valence-corrected chi connectivity index (χ1v) is 7.85. The van der Waals surface area contributed by atoms with Crippen LogP contribution in [0.3, 0.4) is 0 Å². The molecule has 4 saturated carbocycles. The van der Waals surface area contributed by atoms with Crippen LogP contribution < -0.4 is 0 Å². The third-order valence-corrected chi connectivity index (χ3v) is 5.47. The molecule has 4 aliphatic carbocycles. The highest BCUT2D eigenvalue weighted by atomic mass is 19.2. The van der Waals surface area contributed by atoms with Crippen LogP contribution in [-0.2, 0) is 9.53 Å². The fourth-order valence-corrected chi connectivity index (χ4v) is 5.16. The molecule has 4 rings (SSSR count). The van der Waals surface area contributed by atoms with Crippen LogP contribution >= 0.6 is 0 Å². The van der Waals surface area contributed by atoms with Gasteiger partial charge in [-0.2, -0.15) is 4.39 Å². The second-order valence-corrected chi connectivity index (χ2v) is 7.44. The number of ether oxygens (including phenoxy) is 1. The molecular weight excluding hydrogens is 243 g/mol. The molecule has 1 unspecified atom stereocenters. The van der Waals surface area contributed by atoms with Gasteiger partial charge in [0.15, 0.2) is 0 Å². The van der Waals surface area contributed by atoms with E-state index in [1.807, 2.05) is 6.92 Å². The Kier molecular flexibility index (Phi) is 3.14. The maximum atomic E-state index is 14.2. The maximum absolute atomic E-state index is 14.2. The van der Waals surface area contributed by atoms with Gasteiger partial charge in [-0.25, -0.2) is 0 Å². The molecule has 108 valence electrons. The summed E-state index contributed by atoms with van der Waals surface area (Å²) >= 11 is 0. The van der Waals surface area contributed by atoms with E-state index in [0.29, 0.717) is 30.6 Å². The third-order valence-electron chi connectivity index (χ3n) is 5.47. The minimum absolute atomic E-state index is 0.245. The summed E-state index contributed by atoms with van der Waals surface area (Å²) in [5.74, 6) is 0.0439. The lowest BCUT2D eigenvalue weighted by Gasteiger charge is -2.55. The van der Waals surface area contributed by atoms with Gasteiger partial charge < -0.3 is 4.74 Å². The molecule has 0 spiro atoms. The molecule has 0 aliphatic heterocycles. The summed E-state index contributed by atoms with van der Waals surface area (Å²) in [7, 11) is 0. The second-order valence-electron chi connectivity index (χ2n) is 7.44. The van der Waals surface area contributed by atoms with Crippen molar-refractivity contribution in [3.63, 3.8) is 0 Å². The van der Waals surface area contributed by atoms with E-state index in [1.54, 1.807) is 0 Å². The van der Waals surface area contributed by atoms with Crippen molar-refractivity contribution in [2.45, 2.75) is 71.1 Å². The number of alkyl halides is 1.